The largest absolute Gasteiger partial charge is 0.399 e. The van der Waals surface area contributed by atoms with E-state index in [9.17, 15) is 0 Å². The maximum atomic E-state index is 5.93. The molecule has 0 bridgehead atoms. The normalized spacial score (nSPS) is 11.2. The Kier molecular flexibility index (Phi) is 2.55. The predicted molar refractivity (Wildman–Crippen MR) is 89.2 cm³/mol. The van der Waals surface area contributed by atoms with Gasteiger partial charge in [0.05, 0.1) is 10.2 Å². The molecule has 2 aromatic heterocycles. The van der Waals surface area contributed by atoms with Gasteiger partial charge in [-0.25, -0.2) is 9.97 Å². The quantitative estimate of drug-likeness (QED) is 0.525. The third kappa shape index (κ3) is 1.90. The molecule has 0 saturated heterocycles. The highest BCUT2D eigenvalue weighted by molar-refractivity contribution is 7.26. The molecule has 0 spiro atoms. The first-order valence-electron chi connectivity index (χ1n) is 6.51. The molecule has 2 aromatic carbocycles. The highest BCUT2D eigenvalue weighted by Gasteiger charge is 2.10. The third-order valence-electron chi connectivity index (χ3n) is 3.50. The Labute approximate surface area is 125 Å². The van der Waals surface area contributed by atoms with Gasteiger partial charge in [0, 0.05) is 15.8 Å². The molecule has 5 heteroatoms. The first-order valence-corrected chi connectivity index (χ1v) is 7.33. The van der Waals surface area contributed by atoms with E-state index in [1.807, 2.05) is 18.2 Å². The van der Waals surface area contributed by atoms with Crippen LogP contribution < -0.4 is 11.5 Å². The maximum absolute atomic E-state index is 5.93. The van der Waals surface area contributed by atoms with Crippen LogP contribution in [0.5, 0.6) is 0 Å². The topological polar surface area (TPSA) is 77.8 Å². The fourth-order valence-electron chi connectivity index (χ4n) is 2.49. The summed E-state index contributed by atoms with van der Waals surface area (Å²) in [6.07, 6.45) is 1.51. The molecule has 21 heavy (non-hydrogen) atoms. The van der Waals surface area contributed by atoms with Gasteiger partial charge in [0.2, 0.25) is 0 Å². The van der Waals surface area contributed by atoms with E-state index in [4.69, 9.17) is 11.5 Å². The number of nitrogens with zero attached hydrogens (tertiary/aromatic N) is 2. The van der Waals surface area contributed by atoms with Crippen molar-refractivity contribution < 1.29 is 0 Å². The number of hydrogen-bond donors (Lipinski definition) is 2. The van der Waals surface area contributed by atoms with E-state index >= 15 is 0 Å². The minimum Gasteiger partial charge on any atom is -0.399 e. The average Bonchev–Trinajstić information content (AvgIpc) is 2.87. The van der Waals surface area contributed by atoms with Crippen molar-refractivity contribution in [2.45, 2.75) is 0 Å². The molecule has 0 unspecified atom stereocenters. The molecule has 102 valence electrons. The average molecular weight is 292 g/mol. The lowest BCUT2D eigenvalue weighted by molar-refractivity contribution is 1.24. The summed E-state index contributed by atoms with van der Waals surface area (Å²) in [6.45, 7) is 0. The van der Waals surface area contributed by atoms with Crippen molar-refractivity contribution in [1.29, 1.82) is 0 Å². The number of fused-ring (bicyclic) bond motifs is 3. The summed E-state index contributed by atoms with van der Waals surface area (Å²) >= 11 is 1.62. The number of aromatic nitrogens is 2. The predicted octanol–water partition coefficient (Wildman–Crippen LogP) is 3.68. The zero-order chi connectivity index (χ0) is 14.4. The first kappa shape index (κ1) is 12.1. The van der Waals surface area contributed by atoms with Gasteiger partial charge in [-0.15, -0.1) is 11.3 Å². The summed E-state index contributed by atoms with van der Waals surface area (Å²) in [5, 5.41) is 1.11. The number of anilines is 2. The SMILES string of the molecule is Nc1cccc(-c2ccc3c(c2)sc2c(N)ncnc23)c1. The summed E-state index contributed by atoms with van der Waals surface area (Å²) in [5.74, 6) is 0.534. The van der Waals surface area contributed by atoms with Crippen LogP contribution in [0.1, 0.15) is 0 Å². The van der Waals surface area contributed by atoms with Gasteiger partial charge >= 0.3 is 0 Å². The van der Waals surface area contributed by atoms with Gasteiger partial charge in [-0.2, -0.15) is 0 Å². The number of nitrogens with two attached hydrogens (primary N) is 2. The van der Waals surface area contributed by atoms with Crippen molar-refractivity contribution in [2.75, 3.05) is 11.5 Å². The number of hydrogen-bond acceptors (Lipinski definition) is 5. The molecule has 0 aliphatic carbocycles. The number of nitrogen functional groups attached to an aromatic ring is 2. The van der Waals surface area contributed by atoms with Crippen LogP contribution in [0.4, 0.5) is 11.5 Å². The second-order valence-corrected chi connectivity index (χ2v) is 5.93. The van der Waals surface area contributed by atoms with Crippen molar-refractivity contribution in [3.8, 4) is 11.1 Å². The zero-order valence-corrected chi connectivity index (χ0v) is 11.9. The highest BCUT2D eigenvalue weighted by atomic mass is 32.1. The van der Waals surface area contributed by atoms with Crippen LogP contribution in [0.25, 0.3) is 31.4 Å². The van der Waals surface area contributed by atoms with Gasteiger partial charge in [-0.05, 0) is 29.3 Å². The Morgan fingerprint density at radius 3 is 2.62 bits per heavy atom. The lowest BCUT2D eigenvalue weighted by atomic mass is 10.0. The van der Waals surface area contributed by atoms with Crippen LogP contribution in [0.3, 0.4) is 0 Å². The van der Waals surface area contributed by atoms with Crippen LogP contribution >= 0.6 is 11.3 Å². The molecule has 0 radical (unpaired) electrons. The Balaban J connectivity index is 1.98. The lowest BCUT2D eigenvalue weighted by Gasteiger charge is -2.03. The Morgan fingerprint density at radius 1 is 0.905 bits per heavy atom. The monoisotopic (exact) mass is 292 g/mol. The molecule has 0 saturated carbocycles. The van der Waals surface area contributed by atoms with Gasteiger partial charge in [0.15, 0.2) is 0 Å². The molecule has 4 nitrogen and oxygen atoms in total. The van der Waals surface area contributed by atoms with Crippen LogP contribution in [-0.4, -0.2) is 9.97 Å². The van der Waals surface area contributed by atoms with Gasteiger partial charge in [-0.1, -0.05) is 24.3 Å². The standard InChI is InChI=1S/C16H12N4S/c17-11-3-1-2-9(6-11)10-4-5-12-13(7-10)21-15-14(12)19-8-20-16(15)18/h1-8H,17H2,(H2,18,19,20). The summed E-state index contributed by atoms with van der Waals surface area (Å²) in [7, 11) is 0. The van der Waals surface area contributed by atoms with E-state index in [1.54, 1.807) is 11.3 Å². The Hall–Kier alpha value is -2.66. The third-order valence-corrected chi connectivity index (χ3v) is 4.66. The molecule has 0 aliphatic heterocycles. The fourth-order valence-corrected chi connectivity index (χ4v) is 3.59. The van der Waals surface area contributed by atoms with Gasteiger partial charge < -0.3 is 11.5 Å². The summed E-state index contributed by atoms with van der Waals surface area (Å²) in [4.78, 5) is 8.40. The van der Waals surface area contributed by atoms with Gasteiger partial charge in [0.1, 0.15) is 12.1 Å². The Bertz CT molecular complexity index is 975. The molecule has 0 aliphatic rings. The summed E-state index contributed by atoms with van der Waals surface area (Å²) < 4.78 is 2.09. The summed E-state index contributed by atoms with van der Waals surface area (Å²) in [5.41, 5.74) is 15.7. The second-order valence-electron chi connectivity index (χ2n) is 4.88. The maximum Gasteiger partial charge on any atom is 0.144 e. The van der Waals surface area contributed by atoms with Crippen molar-refractivity contribution in [1.82, 2.24) is 9.97 Å². The minimum atomic E-state index is 0.534. The zero-order valence-electron chi connectivity index (χ0n) is 11.1. The van der Waals surface area contributed by atoms with E-state index in [1.165, 1.54) is 6.33 Å². The second kappa shape index (κ2) is 4.43. The van der Waals surface area contributed by atoms with Crippen molar-refractivity contribution in [3.05, 3.63) is 48.8 Å². The Morgan fingerprint density at radius 2 is 1.76 bits per heavy atom. The molecular weight excluding hydrogens is 280 g/mol. The first-order chi connectivity index (χ1) is 10.2. The van der Waals surface area contributed by atoms with E-state index in [-0.39, 0.29) is 0 Å². The summed E-state index contributed by atoms with van der Waals surface area (Å²) in [6, 6.07) is 14.2. The van der Waals surface area contributed by atoms with Crippen molar-refractivity contribution in [2.24, 2.45) is 0 Å². The lowest BCUT2D eigenvalue weighted by Crippen LogP contribution is -1.89. The number of benzene rings is 2. The van der Waals surface area contributed by atoms with Crippen molar-refractivity contribution >= 4 is 43.1 Å². The number of thiophene rings is 1. The van der Waals surface area contributed by atoms with Crippen LogP contribution in [0.2, 0.25) is 0 Å². The van der Waals surface area contributed by atoms with E-state index in [0.717, 1.165) is 37.1 Å². The van der Waals surface area contributed by atoms with Gasteiger partial charge in [0.25, 0.3) is 0 Å². The molecule has 4 rings (SSSR count). The van der Waals surface area contributed by atoms with Crippen LogP contribution in [0.15, 0.2) is 48.8 Å². The minimum absolute atomic E-state index is 0.534. The molecule has 4 N–H and O–H groups in total. The van der Waals surface area contributed by atoms with E-state index in [2.05, 4.69) is 34.2 Å². The number of rotatable bonds is 1. The van der Waals surface area contributed by atoms with Crippen molar-refractivity contribution in [3.63, 3.8) is 0 Å². The smallest absolute Gasteiger partial charge is 0.144 e. The molecule has 0 atom stereocenters. The van der Waals surface area contributed by atoms with Crippen LogP contribution in [0, 0.1) is 0 Å². The molecule has 0 amide bonds. The molecule has 4 aromatic rings. The van der Waals surface area contributed by atoms with Crippen LogP contribution in [-0.2, 0) is 0 Å². The van der Waals surface area contributed by atoms with E-state index in [0.29, 0.717) is 5.82 Å². The highest BCUT2D eigenvalue weighted by Crippen LogP contribution is 2.37. The fraction of sp³-hybridized carbons (Fsp3) is 0. The molecule has 0 fully saturated rings. The molecule has 2 heterocycles. The molecular formula is C16H12N4S. The van der Waals surface area contributed by atoms with Gasteiger partial charge in [-0.3, -0.25) is 0 Å². The van der Waals surface area contributed by atoms with E-state index < -0.39 is 0 Å².